The molecule has 3 unspecified atom stereocenters. The molecule has 0 radical (unpaired) electrons. The topological polar surface area (TPSA) is 12.0 Å². The molecule has 0 aromatic heterocycles. The Morgan fingerprint density at radius 2 is 2.14 bits per heavy atom. The molecule has 1 N–H and O–H groups in total. The van der Waals surface area contributed by atoms with Gasteiger partial charge in [-0.05, 0) is 71.3 Å². The fourth-order valence-electron chi connectivity index (χ4n) is 3.57. The lowest BCUT2D eigenvalue weighted by atomic mass is 9.75. The van der Waals surface area contributed by atoms with Crippen molar-refractivity contribution in [1.82, 2.24) is 5.32 Å². The minimum absolute atomic E-state index is 0.154. The largest absolute Gasteiger partial charge is 0.310 e. The number of hydrogen-bond acceptors (Lipinski definition) is 1. The summed E-state index contributed by atoms with van der Waals surface area (Å²) >= 11 is 3.25. The molecule has 1 nitrogen and oxygen atoms in total. The second-order valence-electron chi connectivity index (χ2n) is 6.31. The highest BCUT2D eigenvalue weighted by atomic mass is 79.9. The van der Waals surface area contributed by atoms with Gasteiger partial charge in [-0.25, -0.2) is 4.39 Å². The molecule has 21 heavy (non-hydrogen) atoms. The number of benzene rings is 1. The van der Waals surface area contributed by atoms with E-state index < -0.39 is 0 Å². The average molecular weight is 356 g/mol. The van der Waals surface area contributed by atoms with Crippen molar-refractivity contribution < 1.29 is 4.39 Å². The maximum absolute atomic E-state index is 13.9. The summed E-state index contributed by atoms with van der Waals surface area (Å²) in [5.74, 6) is 1.32. The first-order valence-electron chi connectivity index (χ1n) is 8.34. The molecular formula is C18H27BrFN. The molecule has 2 rings (SSSR count). The molecule has 0 saturated heterocycles. The lowest BCUT2D eigenvalue weighted by Gasteiger charge is -2.35. The Kier molecular flexibility index (Phi) is 6.69. The van der Waals surface area contributed by atoms with Gasteiger partial charge in [0.25, 0.3) is 0 Å². The van der Waals surface area contributed by atoms with Crippen molar-refractivity contribution >= 4 is 15.9 Å². The standard InChI is InChI=1S/C18H27BrFN/c1-3-10-21-18(14-7-5-6-13(4-2)11-14)15-8-9-16(19)17(20)12-15/h8-9,12-14,18,21H,3-7,10-11H2,1-2H3. The SMILES string of the molecule is CCCNC(c1ccc(Br)c(F)c1)C1CCCC(CC)C1. The van der Waals surface area contributed by atoms with Gasteiger partial charge in [-0.15, -0.1) is 0 Å². The Hall–Kier alpha value is -0.410. The van der Waals surface area contributed by atoms with Crippen LogP contribution in [0.5, 0.6) is 0 Å². The van der Waals surface area contributed by atoms with E-state index in [-0.39, 0.29) is 5.82 Å². The smallest absolute Gasteiger partial charge is 0.137 e. The van der Waals surface area contributed by atoms with Crippen LogP contribution in [0.25, 0.3) is 0 Å². The third-order valence-electron chi connectivity index (χ3n) is 4.79. The minimum atomic E-state index is -0.154. The summed E-state index contributed by atoms with van der Waals surface area (Å²) in [5, 5.41) is 3.66. The van der Waals surface area contributed by atoms with Crippen molar-refractivity contribution in [2.75, 3.05) is 6.54 Å². The highest BCUT2D eigenvalue weighted by Gasteiger charge is 2.28. The van der Waals surface area contributed by atoms with Crippen LogP contribution in [0, 0.1) is 17.7 Å². The number of halogens is 2. The van der Waals surface area contributed by atoms with Crippen molar-refractivity contribution in [3.05, 3.63) is 34.1 Å². The van der Waals surface area contributed by atoms with Crippen LogP contribution in [-0.4, -0.2) is 6.54 Å². The van der Waals surface area contributed by atoms with Crippen LogP contribution in [0.1, 0.15) is 64.0 Å². The van der Waals surface area contributed by atoms with Gasteiger partial charge >= 0.3 is 0 Å². The third kappa shape index (κ3) is 4.53. The molecule has 1 aliphatic rings. The molecule has 1 fully saturated rings. The third-order valence-corrected chi connectivity index (χ3v) is 5.43. The molecule has 0 bridgehead atoms. The van der Waals surface area contributed by atoms with Crippen molar-refractivity contribution in [2.24, 2.45) is 11.8 Å². The average Bonchev–Trinajstić information content (AvgIpc) is 2.51. The lowest BCUT2D eigenvalue weighted by Crippen LogP contribution is -2.32. The molecule has 0 spiro atoms. The van der Waals surface area contributed by atoms with E-state index in [1.54, 1.807) is 6.07 Å². The van der Waals surface area contributed by atoms with Crippen LogP contribution in [0.2, 0.25) is 0 Å². The van der Waals surface area contributed by atoms with E-state index in [2.05, 4.69) is 41.2 Å². The molecule has 1 aliphatic carbocycles. The van der Waals surface area contributed by atoms with E-state index in [1.165, 1.54) is 32.1 Å². The summed E-state index contributed by atoms with van der Waals surface area (Å²) in [7, 11) is 0. The van der Waals surface area contributed by atoms with E-state index in [0.717, 1.165) is 24.4 Å². The predicted octanol–water partition coefficient (Wildman–Crippen LogP) is 5.85. The Morgan fingerprint density at radius 1 is 1.33 bits per heavy atom. The van der Waals surface area contributed by atoms with Crippen molar-refractivity contribution in [2.45, 2.75) is 58.4 Å². The van der Waals surface area contributed by atoms with E-state index in [4.69, 9.17) is 0 Å². The van der Waals surface area contributed by atoms with Gasteiger partial charge in [-0.2, -0.15) is 0 Å². The summed E-state index contributed by atoms with van der Waals surface area (Å²) in [6.45, 7) is 5.47. The summed E-state index contributed by atoms with van der Waals surface area (Å²) in [4.78, 5) is 0. The van der Waals surface area contributed by atoms with E-state index in [1.807, 2.05) is 6.07 Å². The summed E-state index contributed by atoms with van der Waals surface area (Å²) in [6, 6.07) is 5.90. The molecule has 0 amide bonds. The number of nitrogens with one attached hydrogen (secondary N) is 1. The van der Waals surface area contributed by atoms with Crippen molar-refractivity contribution in [3.8, 4) is 0 Å². The predicted molar refractivity (Wildman–Crippen MR) is 90.9 cm³/mol. The molecule has 1 aromatic carbocycles. The molecule has 0 aliphatic heterocycles. The quantitative estimate of drug-likeness (QED) is 0.675. The summed E-state index contributed by atoms with van der Waals surface area (Å²) in [6.07, 6.45) is 7.59. The first-order chi connectivity index (χ1) is 10.2. The minimum Gasteiger partial charge on any atom is -0.310 e. The summed E-state index contributed by atoms with van der Waals surface area (Å²) in [5.41, 5.74) is 1.10. The first kappa shape index (κ1) is 17.0. The highest BCUT2D eigenvalue weighted by molar-refractivity contribution is 9.10. The Balaban J connectivity index is 2.18. The maximum Gasteiger partial charge on any atom is 0.137 e. The Morgan fingerprint density at radius 3 is 2.81 bits per heavy atom. The molecule has 1 aromatic rings. The lowest BCUT2D eigenvalue weighted by molar-refractivity contribution is 0.209. The fraction of sp³-hybridized carbons (Fsp3) is 0.667. The molecule has 118 valence electrons. The van der Waals surface area contributed by atoms with Crippen LogP contribution in [0.15, 0.2) is 22.7 Å². The second-order valence-corrected chi connectivity index (χ2v) is 7.16. The zero-order chi connectivity index (χ0) is 15.2. The monoisotopic (exact) mass is 355 g/mol. The summed E-state index contributed by atoms with van der Waals surface area (Å²) < 4.78 is 14.4. The van der Waals surface area contributed by atoms with Gasteiger partial charge in [-0.3, -0.25) is 0 Å². The van der Waals surface area contributed by atoms with Crippen LogP contribution < -0.4 is 5.32 Å². The van der Waals surface area contributed by atoms with Gasteiger partial charge in [-0.1, -0.05) is 39.2 Å². The van der Waals surface area contributed by atoms with Gasteiger partial charge in [0.05, 0.1) is 4.47 Å². The van der Waals surface area contributed by atoms with E-state index >= 15 is 0 Å². The zero-order valence-corrected chi connectivity index (χ0v) is 14.8. The van der Waals surface area contributed by atoms with Crippen molar-refractivity contribution in [1.29, 1.82) is 0 Å². The van der Waals surface area contributed by atoms with Crippen LogP contribution in [-0.2, 0) is 0 Å². The van der Waals surface area contributed by atoms with Gasteiger partial charge < -0.3 is 5.32 Å². The zero-order valence-electron chi connectivity index (χ0n) is 13.2. The van der Waals surface area contributed by atoms with E-state index in [9.17, 15) is 4.39 Å². The molecule has 0 heterocycles. The van der Waals surface area contributed by atoms with Gasteiger partial charge in [0.2, 0.25) is 0 Å². The van der Waals surface area contributed by atoms with Crippen LogP contribution in [0.3, 0.4) is 0 Å². The molecule has 3 atom stereocenters. The first-order valence-corrected chi connectivity index (χ1v) is 9.13. The van der Waals surface area contributed by atoms with Gasteiger partial charge in [0, 0.05) is 6.04 Å². The maximum atomic E-state index is 13.9. The van der Waals surface area contributed by atoms with Crippen molar-refractivity contribution in [3.63, 3.8) is 0 Å². The fourth-order valence-corrected chi connectivity index (χ4v) is 3.82. The number of rotatable bonds is 6. The van der Waals surface area contributed by atoms with E-state index in [0.29, 0.717) is 16.4 Å². The number of hydrogen-bond donors (Lipinski definition) is 1. The van der Waals surface area contributed by atoms with Gasteiger partial charge in [0.15, 0.2) is 0 Å². The molecular weight excluding hydrogens is 329 g/mol. The normalized spacial score (nSPS) is 24.0. The second kappa shape index (κ2) is 8.28. The van der Waals surface area contributed by atoms with Gasteiger partial charge in [0.1, 0.15) is 5.82 Å². The Bertz CT molecular complexity index is 449. The highest BCUT2D eigenvalue weighted by Crippen LogP contribution is 2.39. The van der Waals surface area contributed by atoms with Crippen LogP contribution >= 0.6 is 15.9 Å². The van der Waals surface area contributed by atoms with Crippen LogP contribution in [0.4, 0.5) is 4.39 Å². The Labute approximate surface area is 136 Å². The molecule has 3 heteroatoms. The molecule has 1 saturated carbocycles.